The van der Waals surface area contributed by atoms with Crippen molar-refractivity contribution in [2.24, 2.45) is 0 Å². The molecule has 122 valence electrons. The molecule has 0 aliphatic carbocycles. The van der Waals surface area contributed by atoms with Gasteiger partial charge in [-0.15, -0.1) is 0 Å². The van der Waals surface area contributed by atoms with Crippen molar-refractivity contribution in [3.63, 3.8) is 0 Å². The number of nitrogens with zero attached hydrogens (tertiary/aromatic N) is 1. The van der Waals surface area contributed by atoms with Crippen molar-refractivity contribution in [2.75, 3.05) is 17.3 Å². The van der Waals surface area contributed by atoms with Crippen molar-refractivity contribution in [1.82, 2.24) is 4.98 Å². The van der Waals surface area contributed by atoms with Gasteiger partial charge in [-0.05, 0) is 42.8 Å². The van der Waals surface area contributed by atoms with Gasteiger partial charge in [0.25, 0.3) is 0 Å². The average molecular weight is 334 g/mol. The Kier molecular flexibility index (Phi) is 5.33. The number of sulfone groups is 1. The van der Waals surface area contributed by atoms with E-state index in [4.69, 9.17) is 4.74 Å². The molecule has 1 heterocycles. The van der Waals surface area contributed by atoms with Gasteiger partial charge in [0.15, 0.2) is 0 Å². The molecule has 23 heavy (non-hydrogen) atoms. The summed E-state index contributed by atoms with van der Waals surface area (Å²) < 4.78 is 27.8. The monoisotopic (exact) mass is 334 g/mol. The number of ether oxygens (including phenoxy) is 1. The van der Waals surface area contributed by atoms with Crippen LogP contribution < -0.4 is 10.1 Å². The van der Waals surface area contributed by atoms with Crippen LogP contribution in [0.25, 0.3) is 0 Å². The maximum atomic E-state index is 11.7. The Balaban J connectivity index is 2.00. The molecule has 0 radical (unpaired) electrons. The van der Waals surface area contributed by atoms with E-state index in [0.717, 1.165) is 11.8 Å². The summed E-state index contributed by atoms with van der Waals surface area (Å²) in [5, 5.41) is 2.68. The van der Waals surface area contributed by atoms with E-state index in [-0.39, 0.29) is 18.1 Å². The third-order valence-corrected chi connectivity index (χ3v) is 3.97. The average Bonchev–Trinajstić information content (AvgIpc) is 2.48. The van der Waals surface area contributed by atoms with Gasteiger partial charge in [0.2, 0.25) is 5.91 Å². The summed E-state index contributed by atoms with van der Waals surface area (Å²) in [5.41, 5.74) is 1.44. The van der Waals surface area contributed by atoms with Gasteiger partial charge < -0.3 is 10.1 Å². The minimum atomic E-state index is -3.15. The molecule has 0 atom stereocenters. The number of amides is 1. The highest BCUT2D eigenvalue weighted by atomic mass is 32.2. The van der Waals surface area contributed by atoms with Crippen molar-refractivity contribution in [3.05, 3.63) is 48.3 Å². The highest BCUT2D eigenvalue weighted by Gasteiger charge is 2.09. The van der Waals surface area contributed by atoms with E-state index in [1.807, 2.05) is 6.92 Å². The molecular formula is C16H18N2O4S. The Morgan fingerprint density at radius 1 is 1.30 bits per heavy atom. The maximum absolute atomic E-state index is 11.7. The van der Waals surface area contributed by atoms with Gasteiger partial charge in [0, 0.05) is 24.6 Å². The summed E-state index contributed by atoms with van der Waals surface area (Å²) >= 11 is 0. The number of carbonyl (C=O) groups is 1. The minimum Gasteiger partial charge on any atom is -0.455 e. The number of anilines is 1. The fourth-order valence-electron chi connectivity index (χ4n) is 1.88. The molecule has 2 rings (SSSR count). The largest absolute Gasteiger partial charge is 0.455 e. The van der Waals surface area contributed by atoms with Crippen molar-refractivity contribution in [1.29, 1.82) is 0 Å². The molecule has 1 amide bonds. The van der Waals surface area contributed by atoms with Crippen LogP contribution in [0.2, 0.25) is 0 Å². The second-order valence-corrected chi connectivity index (χ2v) is 7.46. The number of pyridine rings is 1. The summed E-state index contributed by atoms with van der Waals surface area (Å²) in [4.78, 5) is 15.7. The van der Waals surface area contributed by atoms with Crippen molar-refractivity contribution < 1.29 is 17.9 Å². The number of benzene rings is 1. The SMILES string of the molecule is Cc1cc(NC(=O)CCS(C)(=O)=O)ccc1Oc1cccnc1. The van der Waals surface area contributed by atoms with Gasteiger partial charge >= 0.3 is 0 Å². The van der Waals surface area contributed by atoms with Gasteiger partial charge in [-0.3, -0.25) is 9.78 Å². The van der Waals surface area contributed by atoms with Crippen molar-refractivity contribution in [2.45, 2.75) is 13.3 Å². The first-order valence-electron chi connectivity index (χ1n) is 6.99. The topological polar surface area (TPSA) is 85.4 Å². The van der Waals surface area contributed by atoms with E-state index < -0.39 is 9.84 Å². The van der Waals surface area contributed by atoms with Crippen LogP contribution in [-0.4, -0.2) is 31.3 Å². The molecule has 1 N–H and O–H groups in total. The molecule has 0 aliphatic rings. The molecule has 0 fully saturated rings. The zero-order valence-corrected chi connectivity index (χ0v) is 13.8. The van der Waals surface area contributed by atoms with E-state index in [0.29, 0.717) is 17.2 Å². The van der Waals surface area contributed by atoms with E-state index >= 15 is 0 Å². The van der Waals surface area contributed by atoms with Gasteiger partial charge in [-0.2, -0.15) is 0 Å². The summed E-state index contributed by atoms with van der Waals surface area (Å²) in [6.07, 6.45) is 4.32. The minimum absolute atomic E-state index is 0.0637. The van der Waals surface area contributed by atoms with Crippen LogP contribution in [0.5, 0.6) is 11.5 Å². The van der Waals surface area contributed by atoms with E-state index in [2.05, 4.69) is 10.3 Å². The lowest BCUT2D eigenvalue weighted by Gasteiger charge is -2.11. The number of hydrogen-bond donors (Lipinski definition) is 1. The molecule has 0 saturated heterocycles. The van der Waals surface area contributed by atoms with Crippen LogP contribution in [-0.2, 0) is 14.6 Å². The third-order valence-electron chi connectivity index (χ3n) is 3.02. The van der Waals surface area contributed by atoms with Crippen molar-refractivity contribution >= 4 is 21.4 Å². The normalized spacial score (nSPS) is 11.0. The Morgan fingerprint density at radius 2 is 2.09 bits per heavy atom. The first-order valence-corrected chi connectivity index (χ1v) is 9.06. The quantitative estimate of drug-likeness (QED) is 0.877. The highest BCUT2D eigenvalue weighted by molar-refractivity contribution is 7.90. The zero-order valence-electron chi connectivity index (χ0n) is 12.9. The molecule has 1 aromatic heterocycles. The maximum Gasteiger partial charge on any atom is 0.225 e. The molecule has 0 unspecified atom stereocenters. The lowest BCUT2D eigenvalue weighted by atomic mass is 10.2. The molecule has 0 bridgehead atoms. The number of carbonyl (C=O) groups excluding carboxylic acids is 1. The standard InChI is InChI=1S/C16H18N2O4S/c1-12-10-13(18-16(19)7-9-23(2,20)21)5-6-15(12)22-14-4-3-8-17-11-14/h3-6,8,10-11H,7,9H2,1-2H3,(H,18,19). The summed E-state index contributed by atoms with van der Waals surface area (Å²) in [5.74, 6) is 0.781. The molecule has 0 saturated carbocycles. The number of aryl methyl sites for hydroxylation is 1. The number of aromatic nitrogens is 1. The van der Waals surface area contributed by atoms with Crippen LogP contribution in [0.1, 0.15) is 12.0 Å². The number of rotatable bonds is 6. The Hall–Kier alpha value is -2.41. The van der Waals surface area contributed by atoms with Gasteiger partial charge in [0.1, 0.15) is 21.3 Å². The predicted molar refractivity (Wildman–Crippen MR) is 88.4 cm³/mol. The fraction of sp³-hybridized carbons (Fsp3) is 0.250. The fourth-order valence-corrected chi connectivity index (χ4v) is 2.43. The first-order chi connectivity index (χ1) is 10.8. The van der Waals surface area contributed by atoms with E-state index in [1.165, 1.54) is 0 Å². The van der Waals surface area contributed by atoms with Crippen LogP contribution in [0.4, 0.5) is 5.69 Å². The molecule has 0 spiro atoms. The van der Waals surface area contributed by atoms with Gasteiger partial charge in [-0.1, -0.05) is 0 Å². The molecule has 6 nitrogen and oxygen atoms in total. The second kappa shape index (κ2) is 7.23. The van der Waals surface area contributed by atoms with E-state index in [1.54, 1.807) is 42.7 Å². The Bertz CT molecular complexity index is 789. The Labute approximate surface area is 135 Å². The third kappa shape index (κ3) is 5.71. The predicted octanol–water partition coefficient (Wildman–Crippen LogP) is 2.56. The highest BCUT2D eigenvalue weighted by Crippen LogP contribution is 2.26. The van der Waals surface area contributed by atoms with Crippen LogP contribution in [0.3, 0.4) is 0 Å². The molecule has 7 heteroatoms. The summed E-state index contributed by atoms with van der Waals surface area (Å²) in [6.45, 7) is 1.86. The van der Waals surface area contributed by atoms with Gasteiger partial charge in [0.05, 0.1) is 11.9 Å². The molecular weight excluding hydrogens is 316 g/mol. The van der Waals surface area contributed by atoms with Crippen LogP contribution >= 0.6 is 0 Å². The molecule has 2 aromatic rings. The summed E-state index contributed by atoms with van der Waals surface area (Å²) in [7, 11) is -3.15. The number of nitrogens with one attached hydrogen (secondary N) is 1. The second-order valence-electron chi connectivity index (χ2n) is 5.20. The van der Waals surface area contributed by atoms with E-state index in [9.17, 15) is 13.2 Å². The molecule has 0 aliphatic heterocycles. The first kappa shape index (κ1) is 17.0. The zero-order chi connectivity index (χ0) is 16.9. The molecule has 1 aromatic carbocycles. The van der Waals surface area contributed by atoms with Crippen molar-refractivity contribution in [3.8, 4) is 11.5 Å². The van der Waals surface area contributed by atoms with Crippen LogP contribution in [0.15, 0.2) is 42.7 Å². The lowest BCUT2D eigenvalue weighted by Crippen LogP contribution is -2.16. The summed E-state index contributed by atoms with van der Waals surface area (Å²) in [6, 6.07) is 8.80. The van der Waals surface area contributed by atoms with Crippen LogP contribution in [0, 0.1) is 6.92 Å². The Morgan fingerprint density at radius 3 is 2.70 bits per heavy atom. The van der Waals surface area contributed by atoms with Gasteiger partial charge in [-0.25, -0.2) is 8.42 Å². The lowest BCUT2D eigenvalue weighted by molar-refractivity contribution is -0.115. The number of hydrogen-bond acceptors (Lipinski definition) is 5. The smallest absolute Gasteiger partial charge is 0.225 e.